The number of benzene rings is 2. The molecule has 3 heteroatoms. The highest BCUT2D eigenvalue weighted by atomic mass is 79.9. The predicted molar refractivity (Wildman–Crippen MR) is 108 cm³/mol. The lowest BCUT2D eigenvalue weighted by Gasteiger charge is -2.04. The van der Waals surface area contributed by atoms with E-state index >= 15 is 0 Å². The van der Waals surface area contributed by atoms with E-state index in [1.807, 2.05) is 0 Å². The molecule has 1 aromatic heterocycles. The monoisotopic (exact) mass is 391 g/mol. The molecule has 0 radical (unpaired) electrons. The highest BCUT2D eigenvalue weighted by Gasteiger charge is 2.22. The Kier molecular flexibility index (Phi) is 4.41. The van der Waals surface area contributed by atoms with Gasteiger partial charge in [-0.2, -0.15) is 0 Å². The van der Waals surface area contributed by atoms with Crippen LogP contribution in [-0.2, 0) is 13.6 Å². The molecular formula is C22H20BrN2+. The van der Waals surface area contributed by atoms with E-state index in [9.17, 15) is 0 Å². The third-order valence-electron chi connectivity index (χ3n) is 4.67. The number of imidazole rings is 1. The van der Waals surface area contributed by atoms with Gasteiger partial charge < -0.3 is 0 Å². The minimum atomic E-state index is 0.454. The summed E-state index contributed by atoms with van der Waals surface area (Å²) in [5.41, 5.74) is 3.72. The smallest absolute Gasteiger partial charge is 0.226 e. The average molecular weight is 392 g/mol. The molecular weight excluding hydrogens is 372 g/mol. The fourth-order valence-corrected chi connectivity index (χ4v) is 3.62. The van der Waals surface area contributed by atoms with Gasteiger partial charge in [0.25, 0.3) is 5.82 Å². The van der Waals surface area contributed by atoms with Gasteiger partial charge in [-0.15, -0.1) is 0 Å². The van der Waals surface area contributed by atoms with Crippen LogP contribution in [0.4, 0.5) is 0 Å². The maximum Gasteiger partial charge on any atom is 0.282 e. The molecule has 0 spiro atoms. The van der Waals surface area contributed by atoms with E-state index in [-0.39, 0.29) is 0 Å². The van der Waals surface area contributed by atoms with Crippen molar-refractivity contribution in [2.24, 2.45) is 13.0 Å². The van der Waals surface area contributed by atoms with Gasteiger partial charge >= 0.3 is 0 Å². The van der Waals surface area contributed by atoms with E-state index in [1.165, 1.54) is 22.4 Å². The molecule has 0 N–H and O–H groups in total. The molecule has 0 aliphatic heterocycles. The molecule has 0 bridgehead atoms. The normalized spacial score (nSPS) is 14.3. The molecule has 1 aliphatic carbocycles. The quantitative estimate of drug-likeness (QED) is 0.544. The van der Waals surface area contributed by atoms with Crippen molar-refractivity contribution < 1.29 is 4.57 Å². The van der Waals surface area contributed by atoms with Gasteiger partial charge in [0.1, 0.15) is 6.54 Å². The molecule has 0 saturated carbocycles. The number of halogens is 1. The second-order valence-corrected chi connectivity index (χ2v) is 7.25. The Bertz CT molecular complexity index is 979. The molecule has 3 aromatic rings. The van der Waals surface area contributed by atoms with Crippen molar-refractivity contribution in [3.63, 3.8) is 0 Å². The Morgan fingerprint density at radius 1 is 1.00 bits per heavy atom. The number of fused-ring (bicyclic) bond motifs is 1. The van der Waals surface area contributed by atoms with E-state index < -0.39 is 0 Å². The van der Waals surface area contributed by atoms with Crippen LogP contribution in [0.5, 0.6) is 0 Å². The van der Waals surface area contributed by atoms with Crippen LogP contribution in [0.3, 0.4) is 0 Å². The number of aryl methyl sites for hydroxylation is 1. The first kappa shape index (κ1) is 16.1. The lowest BCUT2D eigenvalue weighted by atomic mass is 10.1. The summed E-state index contributed by atoms with van der Waals surface area (Å²) in [6.45, 7) is 0.953. The second kappa shape index (κ2) is 6.85. The summed E-state index contributed by atoms with van der Waals surface area (Å²) in [5.74, 6) is 1.66. The molecule has 2 nitrogen and oxygen atoms in total. The molecule has 25 heavy (non-hydrogen) atoms. The van der Waals surface area contributed by atoms with Crippen LogP contribution in [0.15, 0.2) is 77.3 Å². The van der Waals surface area contributed by atoms with Gasteiger partial charge in [-0.1, -0.05) is 64.5 Å². The fourth-order valence-electron chi connectivity index (χ4n) is 3.35. The Labute approximate surface area is 156 Å². The molecule has 4 rings (SSSR count). The lowest BCUT2D eigenvalue weighted by Crippen LogP contribution is -2.31. The molecule has 0 saturated heterocycles. The summed E-state index contributed by atoms with van der Waals surface area (Å²) in [7, 11) is 2.14. The van der Waals surface area contributed by atoms with Crippen LogP contribution in [0, 0.1) is 5.92 Å². The number of aromatic nitrogens is 2. The first-order valence-corrected chi connectivity index (χ1v) is 9.27. The minimum Gasteiger partial charge on any atom is -0.226 e. The highest BCUT2D eigenvalue weighted by molar-refractivity contribution is 9.10. The first-order chi connectivity index (χ1) is 12.2. The first-order valence-electron chi connectivity index (χ1n) is 8.48. The zero-order chi connectivity index (χ0) is 17.2. The molecule has 0 fully saturated rings. The summed E-state index contributed by atoms with van der Waals surface area (Å²) in [5, 5.41) is 0. The SMILES string of the molecule is C[n+]1c(/C=C/c2ccc(Br)cc2)n(CC2C=CC=C2)c2ccccc21. The van der Waals surface area contributed by atoms with Crippen molar-refractivity contribution in [1.29, 1.82) is 0 Å². The number of hydrogen-bond acceptors (Lipinski definition) is 0. The molecule has 0 atom stereocenters. The van der Waals surface area contributed by atoms with E-state index in [2.05, 4.69) is 117 Å². The number of rotatable bonds is 4. The van der Waals surface area contributed by atoms with Crippen molar-refractivity contribution in [2.75, 3.05) is 0 Å². The van der Waals surface area contributed by atoms with E-state index in [4.69, 9.17) is 0 Å². The van der Waals surface area contributed by atoms with Crippen LogP contribution in [0.25, 0.3) is 23.2 Å². The minimum absolute atomic E-state index is 0.454. The lowest BCUT2D eigenvalue weighted by molar-refractivity contribution is -0.647. The van der Waals surface area contributed by atoms with Crippen molar-refractivity contribution >= 4 is 39.1 Å². The van der Waals surface area contributed by atoms with E-state index in [0.29, 0.717) is 5.92 Å². The molecule has 1 aliphatic rings. The van der Waals surface area contributed by atoms with Gasteiger partial charge in [0.15, 0.2) is 11.0 Å². The van der Waals surface area contributed by atoms with Crippen LogP contribution in [0.2, 0.25) is 0 Å². The van der Waals surface area contributed by atoms with Crippen molar-refractivity contribution in [1.82, 2.24) is 4.57 Å². The van der Waals surface area contributed by atoms with Crippen LogP contribution in [-0.4, -0.2) is 4.57 Å². The zero-order valence-electron chi connectivity index (χ0n) is 14.1. The number of hydrogen-bond donors (Lipinski definition) is 0. The summed E-state index contributed by atoms with van der Waals surface area (Å²) in [6, 6.07) is 17.0. The zero-order valence-corrected chi connectivity index (χ0v) is 15.7. The molecule has 0 unspecified atom stereocenters. The predicted octanol–water partition coefficient (Wildman–Crippen LogP) is 5.14. The van der Waals surface area contributed by atoms with E-state index in [0.717, 1.165) is 11.0 Å². The summed E-state index contributed by atoms with van der Waals surface area (Å²) in [6.07, 6.45) is 13.2. The summed E-state index contributed by atoms with van der Waals surface area (Å²) >= 11 is 3.49. The van der Waals surface area contributed by atoms with Gasteiger partial charge in [-0.3, -0.25) is 0 Å². The van der Waals surface area contributed by atoms with Gasteiger partial charge in [0, 0.05) is 16.5 Å². The topological polar surface area (TPSA) is 8.81 Å². The highest BCUT2D eigenvalue weighted by Crippen LogP contribution is 2.21. The second-order valence-electron chi connectivity index (χ2n) is 6.34. The maximum absolute atomic E-state index is 3.49. The maximum atomic E-state index is 3.49. The van der Waals surface area contributed by atoms with Crippen LogP contribution < -0.4 is 4.57 Å². The fraction of sp³-hybridized carbons (Fsp3) is 0.136. The largest absolute Gasteiger partial charge is 0.282 e. The number of allylic oxidation sites excluding steroid dienone is 4. The molecule has 124 valence electrons. The molecule has 0 amide bonds. The van der Waals surface area contributed by atoms with E-state index in [1.54, 1.807) is 0 Å². The molecule has 1 heterocycles. The summed E-state index contributed by atoms with van der Waals surface area (Å²) < 4.78 is 5.78. The van der Waals surface area contributed by atoms with Crippen LogP contribution in [0.1, 0.15) is 11.4 Å². The Morgan fingerprint density at radius 3 is 2.48 bits per heavy atom. The van der Waals surface area contributed by atoms with Gasteiger partial charge in [-0.25, -0.2) is 9.13 Å². The number of nitrogens with zero attached hydrogens (tertiary/aromatic N) is 2. The summed E-state index contributed by atoms with van der Waals surface area (Å²) in [4.78, 5) is 0. The Balaban J connectivity index is 1.78. The number of para-hydroxylation sites is 2. The average Bonchev–Trinajstić information content (AvgIpc) is 3.23. The molecule has 2 aromatic carbocycles. The van der Waals surface area contributed by atoms with Crippen molar-refractivity contribution in [3.05, 3.63) is 88.7 Å². The van der Waals surface area contributed by atoms with Crippen LogP contribution >= 0.6 is 15.9 Å². The van der Waals surface area contributed by atoms with Gasteiger partial charge in [0.05, 0.1) is 7.05 Å². The Hall–Kier alpha value is -2.39. The van der Waals surface area contributed by atoms with Crippen molar-refractivity contribution in [3.8, 4) is 0 Å². The Morgan fingerprint density at radius 2 is 1.72 bits per heavy atom. The standard InChI is InChI=1S/C22H20BrN2/c1-24-20-8-4-5-9-21(20)25(16-18-6-2-3-7-18)22(24)15-12-17-10-13-19(23)14-11-17/h2-15,18H,16H2,1H3/q+1/b15-12+. The van der Waals surface area contributed by atoms with Crippen molar-refractivity contribution in [2.45, 2.75) is 6.54 Å². The third kappa shape index (κ3) is 3.24. The third-order valence-corrected chi connectivity index (χ3v) is 5.20. The van der Waals surface area contributed by atoms with Gasteiger partial charge in [-0.05, 0) is 35.9 Å². The van der Waals surface area contributed by atoms with Gasteiger partial charge in [0.2, 0.25) is 0 Å².